The highest BCUT2D eigenvalue weighted by atomic mass is 35.5. The first kappa shape index (κ1) is 17.0. The number of epoxide rings is 1. The van der Waals surface area contributed by atoms with Crippen molar-refractivity contribution in [3.63, 3.8) is 0 Å². The molecular weight excluding hydrogens is 304 g/mol. The SMILES string of the molecule is CCOC(=O)C=Cc1cc(Cl)ccc1[C@@H](CC)OC[C@H]1CO1. The number of rotatable bonds is 8. The molecule has 1 heterocycles. The van der Waals surface area contributed by atoms with Gasteiger partial charge in [-0.1, -0.05) is 24.6 Å². The molecule has 5 heteroatoms. The molecule has 1 aromatic rings. The van der Waals surface area contributed by atoms with E-state index in [0.29, 0.717) is 18.2 Å². The van der Waals surface area contributed by atoms with Gasteiger partial charge in [-0.2, -0.15) is 0 Å². The third kappa shape index (κ3) is 5.13. The van der Waals surface area contributed by atoms with E-state index in [0.717, 1.165) is 24.2 Å². The van der Waals surface area contributed by atoms with E-state index in [1.54, 1.807) is 13.0 Å². The molecule has 0 amide bonds. The van der Waals surface area contributed by atoms with Crippen molar-refractivity contribution in [3.05, 3.63) is 40.4 Å². The van der Waals surface area contributed by atoms with Crippen molar-refractivity contribution >= 4 is 23.6 Å². The van der Waals surface area contributed by atoms with Gasteiger partial charge in [0.05, 0.1) is 25.9 Å². The summed E-state index contributed by atoms with van der Waals surface area (Å²) in [6, 6.07) is 5.60. The normalized spacial score (nSPS) is 18.4. The van der Waals surface area contributed by atoms with Crippen LogP contribution in [0, 0.1) is 0 Å². The fourth-order valence-electron chi connectivity index (χ4n) is 2.15. The van der Waals surface area contributed by atoms with Crippen LogP contribution >= 0.6 is 11.6 Å². The Bertz CT molecular complexity index is 537. The Kier molecular flexibility index (Phi) is 6.43. The summed E-state index contributed by atoms with van der Waals surface area (Å²) in [5.74, 6) is -0.367. The van der Waals surface area contributed by atoms with Crippen molar-refractivity contribution in [1.82, 2.24) is 0 Å². The van der Waals surface area contributed by atoms with Gasteiger partial charge in [-0.25, -0.2) is 4.79 Å². The Morgan fingerprint density at radius 3 is 2.91 bits per heavy atom. The van der Waals surface area contributed by atoms with Gasteiger partial charge in [0.2, 0.25) is 0 Å². The monoisotopic (exact) mass is 324 g/mol. The fraction of sp³-hybridized carbons (Fsp3) is 0.471. The molecule has 1 aliphatic rings. The van der Waals surface area contributed by atoms with Crippen molar-refractivity contribution in [3.8, 4) is 0 Å². The molecule has 0 N–H and O–H groups in total. The first-order chi connectivity index (χ1) is 10.6. The summed E-state index contributed by atoms with van der Waals surface area (Å²) in [6.45, 7) is 5.55. The van der Waals surface area contributed by atoms with Gasteiger partial charge in [0.15, 0.2) is 0 Å². The molecule has 0 saturated carbocycles. The molecule has 1 aliphatic heterocycles. The Balaban J connectivity index is 2.15. The van der Waals surface area contributed by atoms with Crippen LogP contribution in [0.25, 0.3) is 6.08 Å². The van der Waals surface area contributed by atoms with Gasteiger partial charge in [-0.15, -0.1) is 0 Å². The molecule has 2 atom stereocenters. The minimum atomic E-state index is -0.367. The molecule has 22 heavy (non-hydrogen) atoms. The molecule has 1 saturated heterocycles. The average molecular weight is 325 g/mol. The highest BCUT2D eigenvalue weighted by molar-refractivity contribution is 6.30. The highest BCUT2D eigenvalue weighted by Crippen LogP contribution is 2.29. The minimum Gasteiger partial charge on any atom is -0.463 e. The van der Waals surface area contributed by atoms with Gasteiger partial charge in [-0.05, 0) is 42.7 Å². The topological polar surface area (TPSA) is 48.1 Å². The predicted octanol–water partition coefficient (Wildman–Crippen LogP) is 3.78. The molecule has 0 unspecified atom stereocenters. The summed E-state index contributed by atoms with van der Waals surface area (Å²) in [7, 11) is 0. The molecule has 4 nitrogen and oxygen atoms in total. The van der Waals surface area contributed by atoms with Crippen molar-refractivity contribution in [2.45, 2.75) is 32.5 Å². The van der Waals surface area contributed by atoms with E-state index in [-0.39, 0.29) is 18.2 Å². The van der Waals surface area contributed by atoms with E-state index in [2.05, 4.69) is 6.92 Å². The molecule has 0 spiro atoms. The zero-order valence-corrected chi connectivity index (χ0v) is 13.6. The van der Waals surface area contributed by atoms with Crippen molar-refractivity contribution in [2.75, 3.05) is 19.8 Å². The molecule has 120 valence electrons. The molecular formula is C17H21ClO4. The van der Waals surface area contributed by atoms with E-state index in [1.807, 2.05) is 18.2 Å². The maximum Gasteiger partial charge on any atom is 0.330 e. The van der Waals surface area contributed by atoms with Crippen LogP contribution in [0.1, 0.15) is 37.5 Å². The Morgan fingerprint density at radius 1 is 1.50 bits per heavy atom. The van der Waals surface area contributed by atoms with E-state index < -0.39 is 0 Å². The number of ether oxygens (including phenoxy) is 3. The second kappa shape index (κ2) is 8.32. The molecule has 1 aromatic carbocycles. The Hall–Kier alpha value is -1.36. The number of carbonyl (C=O) groups is 1. The Morgan fingerprint density at radius 2 is 2.27 bits per heavy atom. The predicted molar refractivity (Wildman–Crippen MR) is 85.8 cm³/mol. The number of hydrogen-bond acceptors (Lipinski definition) is 4. The van der Waals surface area contributed by atoms with Crippen LogP contribution in [0.2, 0.25) is 5.02 Å². The zero-order chi connectivity index (χ0) is 15.9. The van der Waals surface area contributed by atoms with Gasteiger partial charge >= 0.3 is 5.97 Å². The van der Waals surface area contributed by atoms with E-state index >= 15 is 0 Å². The van der Waals surface area contributed by atoms with Gasteiger partial charge < -0.3 is 14.2 Å². The van der Waals surface area contributed by atoms with Crippen LogP contribution < -0.4 is 0 Å². The smallest absolute Gasteiger partial charge is 0.330 e. The summed E-state index contributed by atoms with van der Waals surface area (Å²) >= 11 is 6.07. The van der Waals surface area contributed by atoms with Crippen LogP contribution in [-0.4, -0.2) is 31.9 Å². The van der Waals surface area contributed by atoms with Crippen LogP contribution in [0.4, 0.5) is 0 Å². The van der Waals surface area contributed by atoms with E-state index in [9.17, 15) is 4.79 Å². The maximum absolute atomic E-state index is 11.5. The lowest BCUT2D eigenvalue weighted by Crippen LogP contribution is -2.09. The quantitative estimate of drug-likeness (QED) is 0.415. The lowest BCUT2D eigenvalue weighted by atomic mass is 10.00. The molecule has 0 aliphatic carbocycles. The second-order valence-corrected chi connectivity index (χ2v) is 5.48. The number of benzene rings is 1. The first-order valence-electron chi connectivity index (χ1n) is 7.51. The Labute approximate surface area is 136 Å². The molecule has 0 aromatic heterocycles. The van der Waals surface area contributed by atoms with Gasteiger partial charge in [0, 0.05) is 11.1 Å². The standard InChI is InChI=1S/C17H21ClO4/c1-3-16(22-11-14-10-21-14)15-7-6-13(18)9-12(15)5-8-17(19)20-4-2/h5-9,14,16H,3-4,10-11H2,1-2H3/t14-,16-/m1/s1. The van der Waals surface area contributed by atoms with Crippen LogP contribution in [-0.2, 0) is 19.0 Å². The first-order valence-corrected chi connectivity index (χ1v) is 7.89. The summed E-state index contributed by atoms with van der Waals surface area (Å²) in [4.78, 5) is 11.5. The van der Waals surface area contributed by atoms with E-state index in [1.165, 1.54) is 6.08 Å². The summed E-state index contributed by atoms with van der Waals surface area (Å²) in [6.07, 6.45) is 4.13. The average Bonchev–Trinajstić information content (AvgIpc) is 3.32. The molecule has 0 bridgehead atoms. The highest BCUT2D eigenvalue weighted by Gasteiger charge is 2.25. The molecule has 2 rings (SSSR count). The summed E-state index contributed by atoms with van der Waals surface area (Å²) in [5, 5.41) is 0.618. The van der Waals surface area contributed by atoms with Crippen LogP contribution in [0.5, 0.6) is 0 Å². The van der Waals surface area contributed by atoms with Gasteiger partial charge in [0.1, 0.15) is 6.10 Å². The zero-order valence-electron chi connectivity index (χ0n) is 12.9. The van der Waals surface area contributed by atoms with Crippen molar-refractivity contribution in [1.29, 1.82) is 0 Å². The summed E-state index contributed by atoms with van der Waals surface area (Å²) in [5.41, 5.74) is 1.87. The van der Waals surface area contributed by atoms with Crippen LogP contribution in [0.3, 0.4) is 0 Å². The lowest BCUT2D eigenvalue weighted by Gasteiger charge is -2.18. The van der Waals surface area contributed by atoms with Crippen molar-refractivity contribution in [2.24, 2.45) is 0 Å². The fourth-order valence-corrected chi connectivity index (χ4v) is 2.33. The summed E-state index contributed by atoms with van der Waals surface area (Å²) < 4.78 is 16.0. The minimum absolute atomic E-state index is 0.0525. The molecule has 1 fully saturated rings. The molecule has 0 radical (unpaired) electrons. The van der Waals surface area contributed by atoms with Gasteiger partial charge in [0.25, 0.3) is 0 Å². The maximum atomic E-state index is 11.5. The number of halogens is 1. The van der Waals surface area contributed by atoms with Gasteiger partial charge in [-0.3, -0.25) is 0 Å². The lowest BCUT2D eigenvalue weighted by molar-refractivity contribution is -0.137. The van der Waals surface area contributed by atoms with Crippen LogP contribution in [0.15, 0.2) is 24.3 Å². The number of esters is 1. The number of carbonyl (C=O) groups excluding carboxylic acids is 1. The largest absolute Gasteiger partial charge is 0.463 e. The number of hydrogen-bond donors (Lipinski definition) is 0. The third-order valence-corrected chi connectivity index (χ3v) is 3.57. The van der Waals surface area contributed by atoms with E-state index in [4.69, 9.17) is 25.8 Å². The van der Waals surface area contributed by atoms with Crippen molar-refractivity contribution < 1.29 is 19.0 Å². The third-order valence-electron chi connectivity index (χ3n) is 3.34. The second-order valence-electron chi connectivity index (χ2n) is 5.04.